The molecule has 2 rings (SSSR count). The monoisotopic (exact) mass is 253 g/mol. The smallest absolute Gasteiger partial charge is 0.402 e. The number of nitrogens with zero attached hydrogens (tertiary/aromatic N) is 1. The summed E-state index contributed by atoms with van der Waals surface area (Å²) < 4.78 is 11.9. The van der Waals surface area contributed by atoms with Crippen LogP contribution in [0.15, 0.2) is 0 Å². The lowest BCUT2D eigenvalue weighted by Gasteiger charge is -2.32. The number of hydrogen-bond acceptors (Lipinski definition) is 3. The Kier molecular flexibility index (Phi) is 3.74. The van der Waals surface area contributed by atoms with Crippen LogP contribution in [0.2, 0.25) is 0 Å². The van der Waals surface area contributed by atoms with Crippen molar-refractivity contribution in [1.29, 1.82) is 0 Å². The van der Waals surface area contributed by atoms with Crippen molar-refractivity contribution in [2.75, 3.05) is 13.0 Å². The summed E-state index contributed by atoms with van der Waals surface area (Å²) in [6.07, 6.45) is 4.47. The van der Waals surface area contributed by atoms with Crippen LogP contribution in [-0.4, -0.2) is 42.1 Å². The molecule has 2 aliphatic rings. The van der Waals surface area contributed by atoms with Gasteiger partial charge in [-0.2, -0.15) is 0 Å². The molecule has 0 atom stereocenters. The van der Waals surface area contributed by atoms with Crippen LogP contribution in [-0.2, 0) is 14.1 Å². The molecule has 0 bridgehead atoms. The van der Waals surface area contributed by atoms with Crippen LogP contribution in [0.4, 0.5) is 0 Å². The molecular weight excluding hydrogens is 229 g/mol. The zero-order chi connectivity index (χ0) is 13.4. The number of rotatable bonds is 2. The van der Waals surface area contributed by atoms with Gasteiger partial charge in [0.1, 0.15) is 0 Å². The Bertz CT molecular complexity index is 314. The van der Waals surface area contributed by atoms with Crippen LogP contribution in [0.3, 0.4) is 0 Å². The Hall–Kier alpha value is -0.545. The number of likely N-dealkylation sites (tertiary alicyclic amines) is 1. The summed E-state index contributed by atoms with van der Waals surface area (Å²) in [4.78, 5) is 13.8. The second-order valence-electron chi connectivity index (χ2n) is 6.34. The molecule has 0 radical (unpaired) electrons. The van der Waals surface area contributed by atoms with E-state index < -0.39 is 0 Å². The summed E-state index contributed by atoms with van der Waals surface area (Å²) in [5.41, 5.74) is -0.626. The highest BCUT2D eigenvalue weighted by Gasteiger charge is 2.51. The molecular formula is C13H24BNO3. The fraction of sp³-hybridized carbons (Fsp3) is 0.923. The highest BCUT2D eigenvalue weighted by atomic mass is 16.7. The molecule has 5 heteroatoms. The molecule has 0 unspecified atom stereocenters. The minimum Gasteiger partial charge on any atom is -0.402 e. The lowest BCUT2D eigenvalue weighted by atomic mass is 9.89. The van der Waals surface area contributed by atoms with Gasteiger partial charge in [-0.05, 0) is 40.5 Å². The third-order valence-corrected chi connectivity index (χ3v) is 4.34. The van der Waals surface area contributed by atoms with Crippen molar-refractivity contribution >= 4 is 13.0 Å². The van der Waals surface area contributed by atoms with Crippen molar-refractivity contribution in [2.45, 2.75) is 64.6 Å². The van der Waals surface area contributed by atoms with Crippen molar-refractivity contribution in [3.8, 4) is 0 Å². The van der Waals surface area contributed by atoms with E-state index in [1.807, 2.05) is 32.6 Å². The minimum atomic E-state index is -0.313. The van der Waals surface area contributed by atoms with Gasteiger partial charge < -0.3 is 14.2 Å². The van der Waals surface area contributed by atoms with E-state index in [2.05, 4.69) is 0 Å². The van der Waals surface area contributed by atoms with Crippen LogP contribution in [0.25, 0.3) is 0 Å². The summed E-state index contributed by atoms with van der Waals surface area (Å²) in [5.74, 6) is 0.238. The van der Waals surface area contributed by atoms with Gasteiger partial charge >= 0.3 is 7.12 Å². The van der Waals surface area contributed by atoms with Gasteiger partial charge in [-0.15, -0.1) is 0 Å². The molecule has 0 saturated carbocycles. The highest BCUT2D eigenvalue weighted by molar-refractivity contribution is 6.46. The Balaban J connectivity index is 1.96. The molecule has 2 saturated heterocycles. The maximum Gasteiger partial charge on any atom is 0.478 e. The van der Waals surface area contributed by atoms with Crippen molar-refractivity contribution in [3.05, 3.63) is 0 Å². The van der Waals surface area contributed by atoms with Gasteiger partial charge in [0.15, 0.2) is 0 Å². The first-order chi connectivity index (χ1) is 8.32. The molecule has 102 valence electrons. The summed E-state index contributed by atoms with van der Waals surface area (Å²) in [6, 6.07) is 0. The lowest BCUT2D eigenvalue weighted by molar-refractivity contribution is -0.130. The minimum absolute atomic E-state index is 0.238. The predicted octanol–water partition coefficient (Wildman–Crippen LogP) is 2.02. The molecule has 18 heavy (non-hydrogen) atoms. The summed E-state index contributed by atoms with van der Waals surface area (Å²) in [5, 5.41) is 0. The van der Waals surface area contributed by atoms with E-state index in [1.54, 1.807) is 0 Å². The Morgan fingerprint density at radius 1 is 1.11 bits per heavy atom. The third kappa shape index (κ3) is 2.72. The lowest BCUT2D eigenvalue weighted by Crippen LogP contribution is -2.41. The molecule has 0 aromatic carbocycles. The second-order valence-corrected chi connectivity index (χ2v) is 6.34. The zero-order valence-corrected chi connectivity index (χ0v) is 12.0. The van der Waals surface area contributed by atoms with E-state index in [1.165, 1.54) is 0 Å². The number of carbonyl (C=O) groups excluding carboxylic acids is 1. The largest absolute Gasteiger partial charge is 0.478 e. The Morgan fingerprint density at radius 3 is 2.33 bits per heavy atom. The van der Waals surface area contributed by atoms with Crippen LogP contribution in [0.5, 0.6) is 0 Å². The van der Waals surface area contributed by atoms with Crippen molar-refractivity contribution in [3.63, 3.8) is 0 Å². The fourth-order valence-electron chi connectivity index (χ4n) is 2.45. The molecule has 0 spiro atoms. The summed E-state index contributed by atoms with van der Waals surface area (Å²) in [7, 11) is -0.294. The number of carbonyl (C=O) groups is 1. The van der Waals surface area contributed by atoms with Crippen LogP contribution < -0.4 is 0 Å². The van der Waals surface area contributed by atoms with Gasteiger partial charge in [0.25, 0.3) is 0 Å². The van der Waals surface area contributed by atoms with Crippen LogP contribution >= 0.6 is 0 Å². The summed E-state index contributed by atoms with van der Waals surface area (Å²) in [6.45, 7) is 8.99. The molecule has 1 amide bonds. The maximum absolute atomic E-state index is 11.9. The van der Waals surface area contributed by atoms with Gasteiger partial charge in [0.05, 0.1) is 17.6 Å². The average molecular weight is 253 g/mol. The second kappa shape index (κ2) is 4.85. The molecule has 0 aromatic heterocycles. The third-order valence-electron chi connectivity index (χ3n) is 4.34. The molecule has 0 N–H and O–H groups in total. The van der Waals surface area contributed by atoms with Crippen LogP contribution in [0.1, 0.15) is 53.4 Å². The van der Waals surface area contributed by atoms with E-state index in [0.29, 0.717) is 12.9 Å². The van der Waals surface area contributed by atoms with E-state index in [9.17, 15) is 4.79 Å². The van der Waals surface area contributed by atoms with Crippen molar-refractivity contribution in [2.24, 2.45) is 0 Å². The fourth-order valence-corrected chi connectivity index (χ4v) is 2.45. The van der Waals surface area contributed by atoms with Gasteiger partial charge in [-0.3, -0.25) is 4.79 Å². The molecule has 0 aromatic rings. The summed E-state index contributed by atoms with van der Waals surface area (Å²) >= 11 is 0. The molecule has 4 nitrogen and oxygen atoms in total. The number of amides is 1. The number of hydrogen-bond donors (Lipinski definition) is 0. The zero-order valence-electron chi connectivity index (χ0n) is 12.0. The highest BCUT2D eigenvalue weighted by Crippen LogP contribution is 2.36. The standard InChI is InChI=1S/C13H24BNO3/c1-12(2)13(3,4)18-14(17-12)10-15-9-7-5-6-8-11(15)16/h5-10H2,1-4H3. The SMILES string of the molecule is CC1(C)OB(CN2CCCCCC2=O)OC1(C)C. The van der Waals surface area contributed by atoms with Crippen molar-refractivity contribution < 1.29 is 14.1 Å². The first kappa shape index (κ1) is 13.9. The van der Waals surface area contributed by atoms with E-state index in [0.717, 1.165) is 25.8 Å². The van der Waals surface area contributed by atoms with Gasteiger partial charge in [-0.1, -0.05) is 6.42 Å². The molecule has 2 fully saturated rings. The van der Waals surface area contributed by atoms with Crippen molar-refractivity contribution in [1.82, 2.24) is 4.90 Å². The molecule has 2 heterocycles. The predicted molar refractivity (Wildman–Crippen MR) is 71.1 cm³/mol. The Morgan fingerprint density at radius 2 is 1.72 bits per heavy atom. The quantitative estimate of drug-likeness (QED) is 0.707. The van der Waals surface area contributed by atoms with Gasteiger partial charge in [0, 0.05) is 13.0 Å². The first-order valence-electron chi connectivity index (χ1n) is 6.95. The van der Waals surface area contributed by atoms with Gasteiger partial charge in [0.2, 0.25) is 5.91 Å². The molecule has 0 aliphatic carbocycles. The topological polar surface area (TPSA) is 38.8 Å². The van der Waals surface area contributed by atoms with Gasteiger partial charge in [-0.25, -0.2) is 0 Å². The average Bonchev–Trinajstić information content (AvgIpc) is 2.39. The van der Waals surface area contributed by atoms with E-state index >= 15 is 0 Å². The Labute approximate surface area is 110 Å². The van der Waals surface area contributed by atoms with Crippen LogP contribution in [0, 0.1) is 0 Å². The van der Waals surface area contributed by atoms with E-state index in [-0.39, 0.29) is 24.2 Å². The van der Waals surface area contributed by atoms with E-state index in [4.69, 9.17) is 9.31 Å². The normalized spacial score (nSPS) is 27.4. The first-order valence-corrected chi connectivity index (χ1v) is 6.95. The molecule has 2 aliphatic heterocycles. The maximum atomic E-state index is 11.9.